The molecule has 0 amide bonds. The first-order chi connectivity index (χ1) is 7.67. The lowest BCUT2D eigenvalue weighted by atomic mass is 10.0. The summed E-state index contributed by atoms with van der Waals surface area (Å²) in [5.74, 6) is -21.4. The largest absolute Gasteiger partial charge is 0.460 e. The molecule has 1 radical (unpaired) electrons. The second-order valence-corrected chi connectivity index (χ2v) is 3.00. The Labute approximate surface area is 93.7 Å². The molecule has 11 heteroatoms. The minimum absolute atomic E-state index is 0.451. The lowest BCUT2D eigenvalue weighted by molar-refractivity contribution is -0.393. The van der Waals surface area contributed by atoms with Crippen molar-refractivity contribution < 1.29 is 49.0 Å². The molecule has 0 aromatic carbocycles. The van der Waals surface area contributed by atoms with Crippen LogP contribution < -0.4 is 0 Å². The number of ether oxygens (including phenoxy) is 1. The first kappa shape index (κ1) is 16.8. The number of halogens is 9. The highest BCUT2D eigenvalue weighted by Crippen LogP contribution is 2.53. The molecule has 0 aromatic rings. The Bertz CT molecular complexity index is 319. The standard InChI is InChI=1S/C7H4F9O2/c1-3(17)18-2-4(8,9)5(10,11)6(12,13)7(14,15)16/h2H,1H3. The molecule has 0 aliphatic carbocycles. The van der Waals surface area contributed by atoms with Crippen molar-refractivity contribution in [3.8, 4) is 0 Å². The summed E-state index contributed by atoms with van der Waals surface area (Å²) < 4.78 is 112. The molecule has 0 spiro atoms. The Morgan fingerprint density at radius 3 is 1.56 bits per heavy atom. The molecule has 0 saturated heterocycles. The first-order valence-electron chi connectivity index (χ1n) is 3.88. The van der Waals surface area contributed by atoms with Crippen LogP contribution in [0.4, 0.5) is 39.5 Å². The predicted octanol–water partition coefficient (Wildman–Crippen LogP) is 3.18. The SMILES string of the molecule is CC(=O)O[CH]C(F)(F)C(F)(F)C(F)(F)C(F)(F)F. The van der Waals surface area contributed by atoms with E-state index in [-0.39, 0.29) is 0 Å². The molecule has 0 saturated carbocycles. The van der Waals surface area contributed by atoms with Crippen molar-refractivity contribution >= 4 is 5.97 Å². The van der Waals surface area contributed by atoms with Gasteiger partial charge >= 0.3 is 29.9 Å². The van der Waals surface area contributed by atoms with E-state index in [0.717, 1.165) is 0 Å². The highest BCUT2D eigenvalue weighted by atomic mass is 19.4. The Kier molecular flexibility index (Phi) is 4.21. The Morgan fingerprint density at radius 2 is 1.28 bits per heavy atom. The van der Waals surface area contributed by atoms with Crippen LogP contribution in [0.1, 0.15) is 6.92 Å². The second kappa shape index (κ2) is 4.50. The van der Waals surface area contributed by atoms with Gasteiger partial charge in [-0.05, 0) is 0 Å². The average Bonchev–Trinajstić information content (AvgIpc) is 2.12. The van der Waals surface area contributed by atoms with Gasteiger partial charge in [0.15, 0.2) is 0 Å². The van der Waals surface area contributed by atoms with Gasteiger partial charge in [-0.3, -0.25) is 4.79 Å². The zero-order valence-corrected chi connectivity index (χ0v) is 8.30. The number of carbonyl (C=O) groups is 1. The molecule has 0 heterocycles. The number of rotatable bonds is 4. The first-order valence-corrected chi connectivity index (χ1v) is 3.88. The van der Waals surface area contributed by atoms with E-state index in [2.05, 4.69) is 4.74 Å². The Hall–Kier alpha value is -1.16. The van der Waals surface area contributed by atoms with Gasteiger partial charge in [0.25, 0.3) is 0 Å². The van der Waals surface area contributed by atoms with E-state index in [1.54, 1.807) is 0 Å². The van der Waals surface area contributed by atoms with Crippen molar-refractivity contribution in [2.24, 2.45) is 0 Å². The third kappa shape index (κ3) is 2.80. The number of alkyl halides is 9. The maximum Gasteiger partial charge on any atom is 0.460 e. The van der Waals surface area contributed by atoms with Gasteiger partial charge in [-0.2, -0.15) is 39.5 Å². The van der Waals surface area contributed by atoms with Crippen LogP contribution in [-0.4, -0.2) is 29.9 Å². The monoisotopic (exact) mass is 291 g/mol. The molecule has 18 heavy (non-hydrogen) atoms. The smallest absolute Gasteiger partial charge is 0.452 e. The van der Waals surface area contributed by atoms with Crippen LogP contribution in [0.2, 0.25) is 0 Å². The predicted molar refractivity (Wildman–Crippen MR) is 37.0 cm³/mol. The summed E-state index contributed by atoms with van der Waals surface area (Å²) in [5, 5.41) is 0. The summed E-state index contributed by atoms with van der Waals surface area (Å²) >= 11 is 0. The lowest BCUT2D eigenvalue weighted by Gasteiger charge is -2.32. The summed E-state index contributed by atoms with van der Waals surface area (Å²) in [7, 11) is 0. The molecule has 0 atom stereocenters. The van der Waals surface area contributed by atoms with Crippen LogP contribution in [0.3, 0.4) is 0 Å². The Morgan fingerprint density at radius 1 is 0.889 bits per heavy atom. The van der Waals surface area contributed by atoms with Gasteiger partial charge in [0.2, 0.25) is 6.61 Å². The zero-order valence-electron chi connectivity index (χ0n) is 8.30. The third-order valence-corrected chi connectivity index (χ3v) is 1.54. The van der Waals surface area contributed by atoms with Gasteiger partial charge in [-0.1, -0.05) is 0 Å². The van der Waals surface area contributed by atoms with Gasteiger partial charge in [0, 0.05) is 6.92 Å². The van der Waals surface area contributed by atoms with E-state index >= 15 is 0 Å². The van der Waals surface area contributed by atoms with Crippen molar-refractivity contribution in [2.75, 3.05) is 0 Å². The van der Waals surface area contributed by atoms with Gasteiger partial charge < -0.3 is 4.74 Å². The van der Waals surface area contributed by atoms with Crippen molar-refractivity contribution in [2.45, 2.75) is 30.9 Å². The number of carbonyl (C=O) groups excluding carboxylic acids is 1. The van der Waals surface area contributed by atoms with E-state index in [1.807, 2.05) is 0 Å². The van der Waals surface area contributed by atoms with Crippen molar-refractivity contribution in [3.05, 3.63) is 6.61 Å². The van der Waals surface area contributed by atoms with E-state index < -0.39 is 36.5 Å². The summed E-state index contributed by atoms with van der Waals surface area (Å²) in [5.41, 5.74) is 0. The fourth-order valence-electron chi connectivity index (χ4n) is 0.618. The molecule has 0 unspecified atom stereocenters. The molecule has 0 aromatic heterocycles. The van der Waals surface area contributed by atoms with Gasteiger partial charge in [0.1, 0.15) is 0 Å². The molecule has 0 aliphatic heterocycles. The molecular weight excluding hydrogens is 287 g/mol. The highest BCUT2D eigenvalue weighted by Gasteiger charge is 2.82. The van der Waals surface area contributed by atoms with Gasteiger partial charge in [-0.25, -0.2) is 0 Å². The maximum atomic E-state index is 12.5. The van der Waals surface area contributed by atoms with Crippen LogP contribution in [0.15, 0.2) is 0 Å². The van der Waals surface area contributed by atoms with E-state index in [4.69, 9.17) is 0 Å². The molecule has 0 bridgehead atoms. The van der Waals surface area contributed by atoms with Crippen LogP contribution in [-0.2, 0) is 9.53 Å². The number of hydrogen-bond donors (Lipinski definition) is 0. The minimum atomic E-state index is -7.00. The van der Waals surface area contributed by atoms with E-state index in [1.165, 1.54) is 0 Å². The van der Waals surface area contributed by atoms with E-state index in [0.29, 0.717) is 6.92 Å². The van der Waals surface area contributed by atoms with Crippen LogP contribution in [0, 0.1) is 6.61 Å². The number of esters is 1. The van der Waals surface area contributed by atoms with Crippen molar-refractivity contribution in [1.82, 2.24) is 0 Å². The summed E-state index contributed by atoms with van der Waals surface area (Å²) in [4.78, 5) is 10.0. The zero-order chi connectivity index (χ0) is 15.0. The quantitative estimate of drug-likeness (QED) is 0.587. The maximum absolute atomic E-state index is 12.5. The van der Waals surface area contributed by atoms with Crippen LogP contribution in [0.25, 0.3) is 0 Å². The van der Waals surface area contributed by atoms with Crippen LogP contribution >= 0.6 is 0 Å². The summed E-state index contributed by atoms with van der Waals surface area (Å²) in [6.07, 6.45) is -6.90. The molecule has 2 nitrogen and oxygen atoms in total. The lowest BCUT2D eigenvalue weighted by Crippen LogP contribution is -2.61. The Balaban J connectivity index is 5.29. The molecule has 0 rings (SSSR count). The molecular formula is C7H4F9O2. The normalized spacial score (nSPS) is 14.6. The molecule has 0 fully saturated rings. The molecule has 0 N–H and O–H groups in total. The average molecular weight is 291 g/mol. The minimum Gasteiger partial charge on any atom is -0.452 e. The summed E-state index contributed by atoms with van der Waals surface area (Å²) in [6.45, 7) is -0.915. The van der Waals surface area contributed by atoms with E-state index in [9.17, 15) is 44.3 Å². The highest BCUT2D eigenvalue weighted by molar-refractivity contribution is 5.66. The van der Waals surface area contributed by atoms with Gasteiger partial charge in [0.05, 0.1) is 0 Å². The fourth-order valence-corrected chi connectivity index (χ4v) is 0.618. The molecule has 107 valence electrons. The fraction of sp³-hybridized carbons (Fsp3) is 0.714. The van der Waals surface area contributed by atoms with Gasteiger partial charge in [-0.15, -0.1) is 0 Å². The second-order valence-electron chi connectivity index (χ2n) is 3.00. The third-order valence-electron chi connectivity index (χ3n) is 1.54. The van der Waals surface area contributed by atoms with Crippen LogP contribution in [0.5, 0.6) is 0 Å². The number of hydrogen-bond acceptors (Lipinski definition) is 2. The topological polar surface area (TPSA) is 26.3 Å². The van der Waals surface area contributed by atoms with Crippen molar-refractivity contribution in [1.29, 1.82) is 0 Å². The molecule has 0 aliphatic rings. The summed E-state index contributed by atoms with van der Waals surface area (Å²) in [6, 6.07) is 0. The van der Waals surface area contributed by atoms with Crippen molar-refractivity contribution in [3.63, 3.8) is 0 Å².